The number of halogens is 2. The van der Waals surface area contributed by atoms with E-state index >= 15 is 0 Å². The number of hydrogen-bond acceptors (Lipinski definition) is 0. The van der Waals surface area contributed by atoms with Crippen molar-refractivity contribution in [3.05, 3.63) is 119 Å². The van der Waals surface area contributed by atoms with Gasteiger partial charge in [0.25, 0.3) is 0 Å². The van der Waals surface area contributed by atoms with Crippen LogP contribution in [0.5, 0.6) is 0 Å². The van der Waals surface area contributed by atoms with Crippen LogP contribution in [0.4, 0.5) is 0 Å². The molecule has 0 aliphatic heterocycles. The van der Waals surface area contributed by atoms with Gasteiger partial charge in [-0.05, 0) is 0 Å². The molecule has 0 saturated heterocycles. The van der Waals surface area contributed by atoms with E-state index in [1.807, 2.05) is 0 Å². The summed E-state index contributed by atoms with van der Waals surface area (Å²) in [5.74, 6) is 0. The zero-order valence-corrected chi connectivity index (χ0v) is 21.4. The van der Waals surface area contributed by atoms with Crippen LogP contribution in [-0.4, -0.2) is 3.26 Å². The number of allylic oxidation sites excluding steroid dienone is 8. The van der Waals surface area contributed by atoms with E-state index < -0.39 is 0 Å². The summed E-state index contributed by atoms with van der Waals surface area (Å²) >= 11 is 1.08. The molecule has 0 aromatic heterocycles. The fraction of sp³-hybridized carbons (Fsp3) is 0.160. The van der Waals surface area contributed by atoms with Crippen LogP contribution in [0.3, 0.4) is 0 Å². The van der Waals surface area contributed by atoms with Crippen LogP contribution in [0.25, 0.3) is 0 Å². The SMILES string of the molecule is CC1=[C-]CC=C1.CC1=[C-]CC=C1.[Cl-].[Cl-].[Hf+2]=[C](c1ccccc1)c1ccccc1. The van der Waals surface area contributed by atoms with E-state index in [-0.39, 0.29) is 24.8 Å². The first-order valence-corrected chi connectivity index (χ1v) is 10.6. The third kappa shape index (κ3) is 10.3. The molecule has 2 aromatic rings. The Kier molecular flexibility index (Phi) is 14.9. The monoisotopic (exact) mass is 574 g/mol. The maximum absolute atomic E-state index is 3.12. The van der Waals surface area contributed by atoms with Gasteiger partial charge in [0.15, 0.2) is 0 Å². The molecule has 2 aliphatic rings. The van der Waals surface area contributed by atoms with Crippen LogP contribution >= 0.6 is 0 Å². The molecule has 3 heteroatoms. The van der Waals surface area contributed by atoms with Gasteiger partial charge < -0.3 is 24.8 Å². The Bertz CT molecular complexity index is 741. The van der Waals surface area contributed by atoms with Gasteiger partial charge in [-0.1, -0.05) is 13.8 Å². The van der Waals surface area contributed by atoms with Crippen molar-refractivity contribution in [3.8, 4) is 0 Å². The van der Waals surface area contributed by atoms with E-state index in [1.54, 1.807) is 0 Å². The van der Waals surface area contributed by atoms with Crippen molar-refractivity contribution in [3.63, 3.8) is 0 Å². The Labute approximate surface area is 197 Å². The minimum atomic E-state index is 0. The van der Waals surface area contributed by atoms with Gasteiger partial charge in [0.2, 0.25) is 0 Å². The first-order chi connectivity index (χ1) is 12.7. The van der Waals surface area contributed by atoms with E-state index in [1.165, 1.54) is 25.5 Å². The van der Waals surface area contributed by atoms with Crippen molar-refractivity contribution < 1.29 is 48.7 Å². The summed E-state index contributed by atoms with van der Waals surface area (Å²) in [5.41, 5.74) is 5.25. The van der Waals surface area contributed by atoms with E-state index in [0.29, 0.717) is 0 Å². The Morgan fingerprint density at radius 3 is 1.25 bits per heavy atom. The summed E-state index contributed by atoms with van der Waals surface area (Å²) in [5, 5.41) is 0. The molecule has 4 rings (SSSR count). The molecule has 0 N–H and O–H groups in total. The molecule has 0 radical (unpaired) electrons. The predicted molar refractivity (Wildman–Crippen MR) is 108 cm³/mol. The van der Waals surface area contributed by atoms with Gasteiger partial charge >= 0.3 is 98.9 Å². The average molecular weight is 574 g/mol. The molecule has 2 aromatic carbocycles. The van der Waals surface area contributed by atoms with Crippen molar-refractivity contribution in [2.75, 3.05) is 0 Å². The van der Waals surface area contributed by atoms with Gasteiger partial charge in [-0.25, -0.2) is 23.3 Å². The second-order valence-electron chi connectivity index (χ2n) is 6.04. The molecule has 0 bridgehead atoms. The van der Waals surface area contributed by atoms with Crippen LogP contribution in [0, 0.1) is 12.2 Å². The van der Waals surface area contributed by atoms with E-state index in [2.05, 4.69) is 111 Å². The Hall–Kier alpha value is -1.28. The average Bonchev–Trinajstić information content (AvgIpc) is 3.37. The summed E-state index contributed by atoms with van der Waals surface area (Å²) in [7, 11) is 0. The summed E-state index contributed by atoms with van der Waals surface area (Å²) in [4.78, 5) is 0. The standard InChI is InChI=1S/C13H10.2C6H7.2ClH.Hf/c1-3-7-12(8-4-1)11-13-9-5-2-6-10-13;2*1-6-4-2-3-5-6;;;/h1-10H;2*2,4H,3H2,1H3;2*1H;/q;2*-1;;;+2/p-2. The fourth-order valence-electron chi connectivity index (χ4n) is 2.41. The van der Waals surface area contributed by atoms with Crippen molar-refractivity contribution >= 4 is 3.26 Å². The summed E-state index contributed by atoms with van der Waals surface area (Å²) in [6, 6.07) is 21.2. The van der Waals surface area contributed by atoms with E-state index in [0.717, 1.165) is 36.7 Å². The van der Waals surface area contributed by atoms with Crippen LogP contribution in [0.15, 0.2) is 96.1 Å². The summed E-state index contributed by atoms with van der Waals surface area (Å²) in [6.45, 7) is 4.12. The van der Waals surface area contributed by atoms with Crippen LogP contribution in [0.1, 0.15) is 37.8 Å². The third-order valence-corrected chi connectivity index (χ3v) is 5.93. The molecule has 0 spiro atoms. The molecule has 0 unspecified atom stereocenters. The van der Waals surface area contributed by atoms with Gasteiger partial charge in [-0.15, -0.1) is 12.8 Å². The zero-order valence-electron chi connectivity index (χ0n) is 16.3. The van der Waals surface area contributed by atoms with Gasteiger partial charge in [0.05, 0.1) is 0 Å². The topological polar surface area (TPSA) is 0 Å². The van der Waals surface area contributed by atoms with Crippen LogP contribution in [-0.2, 0) is 23.9 Å². The maximum atomic E-state index is 3.12. The van der Waals surface area contributed by atoms with Crippen molar-refractivity contribution in [2.24, 2.45) is 0 Å². The molecular formula is C25H24Cl2Hf-2. The molecule has 0 saturated carbocycles. The molecule has 2 aliphatic carbocycles. The van der Waals surface area contributed by atoms with Gasteiger partial charge in [-0.2, -0.15) is 12.2 Å². The quantitative estimate of drug-likeness (QED) is 0.356. The fourth-order valence-corrected chi connectivity index (χ4v) is 3.60. The molecule has 144 valence electrons. The second-order valence-corrected chi connectivity index (χ2v) is 7.84. The first-order valence-electron chi connectivity index (χ1n) is 8.84. The minimum absolute atomic E-state index is 0. The molecule has 0 amide bonds. The molecule has 0 fully saturated rings. The Morgan fingerprint density at radius 1 is 0.679 bits per heavy atom. The van der Waals surface area contributed by atoms with Crippen molar-refractivity contribution in [2.45, 2.75) is 26.7 Å². The van der Waals surface area contributed by atoms with E-state index in [9.17, 15) is 0 Å². The number of hydrogen-bond donors (Lipinski definition) is 0. The molecule has 0 atom stereocenters. The van der Waals surface area contributed by atoms with Gasteiger partial charge in [0, 0.05) is 0 Å². The van der Waals surface area contributed by atoms with Crippen LogP contribution in [0.2, 0.25) is 0 Å². The predicted octanol–water partition coefficient (Wildman–Crippen LogP) is 0.202. The molecular weight excluding hydrogens is 550 g/mol. The molecule has 28 heavy (non-hydrogen) atoms. The Morgan fingerprint density at radius 2 is 1.04 bits per heavy atom. The van der Waals surface area contributed by atoms with Gasteiger partial charge in [0.1, 0.15) is 0 Å². The molecule has 0 heterocycles. The number of rotatable bonds is 2. The third-order valence-electron chi connectivity index (χ3n) is 3.86. The van der Waals surface area contributed by atoms with Gasteiger partial charge in [-0.3, -0.25) is 12.2 Å². The van der Waals surface area contributed by atoms with Crippen LogP contribution < -0.4 is 24.8 Å². The summed E-state index contributed by atoms with van der Waals surface area (Å²) in [6.07, 6.45) is 16.7. The van der Waals surface area contributed by atoms with Crippen molar-refractivity contribution in [1.82, 2.24) is 0 Å². The zero-order chi connectivity index (χ0) is 18.6. The second kappa shape index (κ2) is 15.6. The Balaban J connectivity index is 0.000000437. The van der Waals surface area contributed by atoms with Crippen molar-refractivity contribution in [1.29, 1.82) is 0 Å². The van der Waals surface area contributed by atoms with E-state index in [4.69, 9.17) is 0 Å². The number of benzene rings is 2. The first kappa shape index (κ1) is 26.7. The normalized spacial score (nSPS) is 12.9. The summed E-state index contributed by atoms with van der Waals surface area (Å²) < 4.78 is 1.46. The molecule has 0 nitrogen and oxygen atoms in total.